The normalized spacial score (nSPS) is 25.1. The van der Waals surface area contributed by atoms with Crippen molar-refractivity contribution in [3.05, 3.63) is 131 Å². The number of hydrogen-bond acceptors (Lipinski definition) is 20. The van der Waals surface area contributed by atoms with Gasteiger partial charge in [0, 0.05) is 24.2 Å². The summed E-state index contributed by atoms with van der Waals surface area (Å²) in [6, 6.07) is 24.4. The maximum Gasteiger partial charge on any atom is 0.326 e. The largest absolute Gasteiger partial charge is 0.497 e. The standard InChI is InChI=1S/C24H34N2O6.C22H30N2O6.C22H30N2O5.C20H26N2O5/c1-4-32-24(30)19(13-10-16-8-11-18(31-3)12-9-16)25-15(2)22(27)26-20-7-5-6-17(20)14-21(26)23(28)29;1-13(20(25)24-18-5-3-4-15(18)12-19(24)22(28)29)23-17(21(26)27)11-8-14-6-9-16(30-2)10-7-14;1-3-29-22(28)17(12-15-8-5-4-6-9-15)23-14(2)20(25)24-18-11-7-10-16(18)13-19(24)21(26)27;1-12(21-15(19(24)25)10-13-6-3-2-4-7-13)18(23)22-16-9-5-8-14(16)11-17(22)20(26)27/h8-9,11-12,15,17,19-21,25H,4-7,10,13-14H2,1-3H3,(H,28,29);6-7,9-10,13,15,17-19,23H,3-5,8,11-12H2,1-2H3,(H,26,27)(H,28,29);4-6,8-9,14,16-19,23H,3,7,10-13H2,1-2H3,(H,26,27);2-4,6-7,12,14-17,21H,5,8-11H2,1H3,(H,24,25)(H,26,27)/t15-,17-,19-,20-,21-;13-,15-,17-,18-,19-;14-,16-,17-,18-,19-;12-,14-,15-,16-,17-/m0000/s1. The summed E-state index contributed by atoms with van der Waals surface area (Å²) in [5.74, 6) is -5.45. The number of likely N-dealkylation sites (tertiary alicyclic amines) is 4. The van der Waals surface area contributed by atoms with Crippen LogP contribution in [0.1, 0.15) is 179 Å². The number of esters is 2. The summed E-state index contributed by atoms with van der Waals surface area (Å²) in [5.41, 5.74) is 3.83. The van der Waals surface area contributed by atoms with Gasteiger partial charge in [-0.15, -0.1) is 0 Å². The Labute approximate surface area is 689 Å². The minimum absolute atomic E-state index is 0.0111. The fourth-order valence-electron chi connectivity index (χ4n) is 19.1. The van der Waals surface area contributed by atoms with Gasteiger partial charge in [-0.1, -0.05) is 111 Å². The number of aliphatic carboxylic acids is 6. The lowest BCUT2D eigenvalue weighted by molar-refractivity contribution is -0.151. The molecular formula is C88H120N8O22. The molecule has 4 amide bonds. The fourth-order valence-corrected chi connectivity index (χ4v) is 19.1. The molecular weight excluding hydrogens is 1520 g/mol. The summed E-state index contributed by atoms with van der Waals surface area (Å²) in [4.78, 5) is 154. The van der Waals surface area contributed by atoms with Gasteiger partial charge in [0.15, 0.2) is 0 Å². The number of carboxylic acids is 6. The Kier molecular flexibility index (Phi) is 33.9. The fraction of sp³-hybridized carbons (Fsp3) is 0.591. The molecule has 0 bridgehead atoms. The monoisotopic (exact) mass is 1640 g/mol. The first-order valence-corrected chi connectivity index (χ1v) is 41.8. The molecule has 4 heterocycles. The molecule has 0 spiro atoms. The van der Waals surface area contributed by atoms with Gasteiger partial charge in [0.2, 0.25) is 23.6 Å². The maximum absolute atomic E-state index is 13.3. The van der Waals surface area contributed by atoms with Crippen molar-refractivity contribution in [2.24, 2.45) is 23.7 Å². The summed E-state index contributed by atoms with van der Waals surface area (Å²) in [6.07, 6.45) is 15.7. The van der Waals surface area contributed by atoms with Crippen molar-refractivity contribution in [3.8, 4) is 11.5 Å². The maximum atomic E-state index is 13.3. The molecule has 644 valence electrons. The van der Waals surface area contributed by atoms with E-state index in [0.29, 0.717) is 57.8 Å². The Hall–Kier alpha value is -10.0. The lowest BCUT2D eigenvalue weighted by Crippen LogP contribution is -2.55. The van der Waals surface area contributed by atoms with E-state index in [1.54, 1.807) is 65.6 Å². The van der Waals surface area contributed by atoms with Crippen LogP contribution in [0, 0.1) is 23.7 Å². The number of amides is 4. The van der Waals surface area contributed by atoms with Crippen molar-refractivity contribution in [2.45, 2.75) is 279 Å². The van der Waals surface area contributed by atoms with Crippen molar-refractivity contribution in [3.63, 3.8) is 0 Å². The van der Waals surface area contributed by atoms with Crippen LogP contribution in [-0.2, 0) is 92.7 Å². The van der Waals surface area contributed by atoms with E-state index >= 15 is 0 Å². The molecule has 118 heavy (non-hydrogen) atoms. The first kappa shape index (κ1) is 91.9. The first-order valence-electron chi connectivity index (χ1n) is 41.8. The highest BCUT2D eigenvalue weighted by molar-refractivity contribution is 5.92. The molecule has 30 heteroatoms. The number of fused-ring (bicyclic) bond motifs is 4. The van der Waals surface area contributed by atoms with Crippen molar-refractivity contribution in [1.82, 2.24) is 40.9 Å². The second kappa shape index (κ2) is 43.6. The summed E-state index contributed by atoms with van der Waals surface area (Å²) in [6.45, 7) is 10.6. The van der Waals surface area contributed by atoms with Crippen LogP contribution in [0.15, 0.2) is 109 Å². The van der Waals surface area contributed by atoms with Crippen LogP contribution in [0.2, 0.25) is 0 Å². The predicted octanol–water partition coefficient (Wildman–Crippen LogP) is 7.81. The summed E-state index contributed by atoms with van der Waals surface area (Å²) >= 11 is 0. The van der Waals surface area contributed by atoms with Crippen LogP contribution in [0.25, 0.3) is 0 Å². The van der Waals surface area contributed by atoms with Crippen LogP contribution < -0.4 is 30.7 Å². The Morgan fingerprint density at radius 1 is 0.356 bits per heavy atom. The third kappa shape index (κ3) is 23.7. The van der Waals surface area contributed by atoms with Gasteiger partial charge in [-0.05, 0) is 227 Å². The van der Waals surface area contributed by atoms with Crippen molar-refractivity contribution in [2.75, 3.05) is 27.4 Å². The smallest absolute Gasteiger partial charge is 0.326 e. The molecule has 8 aliphatic rings. The third-order valence-electron chi connectivity index (χ3n) is 24.9. The van der Waals surface area contributed by atoms with E-state index in [4.69, 9.17) is 18.9 Å². The van der Waals surface area contributed by atoms with E-state index in [2.05, 4.69) is 21.3 Å². The molecule has 4 aromatic carbocycles. The van der Waals surface area contributed by atoms with Gasteiger partial charge in [-0.3, -0.25) is 59.6 Å². The third-order valence-corrected chi connectivity index (χ3v) is 24.9. The number of aryl methyl sites for hydroxylation is 2. The van der Waals surface area contributed by atoms with Crippen LogP contribution in [-0.4, -0.2) is 246 Å². The Morgan fingerprint density at radius 3 is 0.915 bits per heavy atom. The molecule has 4 aromatic rings. The average Bonchev–Trinajstić information content (AvgIpc) is 1.65. The van der Waals surface area contributed by atoms with Gasteiger partial charge in [0.1, 0.15) is 59.8 Å². The number of hydrogen-bond donors (Lipinski definition) is 10. The molecule has 4 aliphatic heterocycles. The number of benzene rings is 4. The summed E-state index contributed by atoms with van der Waals surface area (Å²) in [5, 5.41) is 69.6. The zero-order valence-corrected chi connectivity index (χ0v) is 68.9. The van der Waals surface area contributed by atoms with Crippen LogP contribution in [0.3, 0.4) is 0 Å². The van der Waals surface area contributed by atoms with Crippen molar-refractivity contribution < 1.29 is 107 Å². The molecule has 20 atom stereocenters. The highest BCUT2D eigenvalue weighted by Crippen LogP contribution is 2.45. The zero-order valence-electron chi connectivity index (χ0n) is 68.9. The zero-order chi connectivity index (χ0) is 85.6. The van der Waals surface area contributed by atoms with Gasteiger partial charge in [-0.2, -0.15) is 0 Å². The molecule has 4 saturated heterocycles. The molecule has 8 fully saturated rings. The number of rotatable bonds is 34. The van der Waals surface area contributed by atoms with Crippen LogP contribution in [0.4, 0.5) is 0 Å². The van der Waals surface area contributed by atoms with Crippen LogP contribution in [0.5, 0.6) is 11.5 Å². The molecule has 12 rings (SSSR count). The molecule has 0 radical (unpaired) electrons. The number of carbonyl (C=O) groups is 12. The van der Waals surface area contributed by atoms with E-state index in [1.807, 2.05) is 109 Å². The van der Waals surface area contributed by atoms with E-state index in [1.165, 1.54) is 9.80 Å². The molecule has 0 aromatic heterocycles. The Morgan fingerprint density at radius 2 is 0.627 bits per heavy atom. The summed E-state index contributed by atoms with van der Waals surface area (Å²) < 4.78 is 20.7. The quantitative estimate of drug-likeness (QED) is 0.0199. The lowest BCUT2D eigenvalue weighted by atomic mass is 10.0. The van der Waals surface area contributed by atoms with Crippen molar-refractivity contribution >= 4 is 71.4 Å². The molecule has 4 saturated carbocycles. The number of methoxy groups -OCH3 is 2. The van der Waals surface area contributed by atoms with E-state index in [9.17, 15) is 88.2 Å². The van der Waals surface area contributed by atoms with E-state index in [-0.39, 0.29) is 91.1 Å². The Balaban J connectivity index is 0.000000180. The predicted molar refractivity (Wildman–Crippen MR) is 433 cm³/mol. The number of ether oxygens (including phenoxy) is 4. The highest BCUT2D eigenvalue weighted by atomic mass is 16.5. The average molecular weight is 1640 g/mol. The van der Waals surface area contributed by atoms with Gasteiger partial charge in [0.05, 0.1) is 51.6 Å². The minimum Gasteiger partial charge on any atom is -0.497 e. The first-order chi connectivity index (χ1) is 56.5. The van der Waals surface area contributed by atoms with E-state index in [0.717, 1.165) is 111 Å². The number of nitrogens with one attached hydrogen (secondary N) is 4. The van der Waals surface area contributed by atoms with Crippen LogP contribution >= 0.6 is 0 Å². The second-order valence-corrected chi connectivity index (χ2v) is 32.5. The lowest BCUT2D eigenvalue weighted by Gasteiger charge is -2.31. The SMILES string of the molecule is CCOC(=O)[C@H](CCc1ccc(OC)cc1)N[C@@H](C)C(=O)N1[C@H](C(=O)O)C[C@@H]2CCC[C@@H]21.CCOC(=O)[C@H](Cc1ccccc1)N[C@@H](C)C(=O)N1[C@H](C(=O)O)C[C@@H]2CCC[C@@H]21.COc1ccc(CC[C@H](N[C@@H](C)C(=O)N2[C@H](C(=O)O)C[C@@H]3CCC[C@@H]32)C(=O)O)cc1.C[C@H](N[C@@H](Cc1ccccc1)C(=O)O)C(=O)N1[C@H](C(=O)O)C[C@@H]2CCC[C@@H]21. The Bertz CT molecular complexity index is 4060. The number of carboxylic acid groups (broad SMARTS) is 6. The number of nitrogens with zero attached hydrogens (tertiary/aromatic N) is 4. The summed E-state index contributed by atoms with van der Waals surface area (Å²) in [7, 11) is 3.19. The molecule has 30 nitrogen and oxygen atoms in total. The van der Waals surface area contributed by atoms with Gasteiger partial charge in [-0.25, -0.2) is 19.2 Å². The van der Waals surface area contributed by atoms with Gasteiger partial charge >= 0.3 is 47.8 Å². The number of carbonyl (C=O) groups excluding carboxylic acids is 6. The van der Waals surface area contributed by atoms with Gasteiger partial charge < -0.3 is 69.2 Å². The van der Waals surface area contributed by atoms with E-state index < -0.39 is 120 Å². The molecule has 10 N–H and O–H groups in total. The minimum atomic E-state index is -1.03. The molecule has 4 aliphatic carbocycles. The topological polar surface area (TPSA) is 424 Å². The van der Waals surface area contributed by atoms with Gasteiger partial charge in [0.25, 0.3) is 0 Å². The molecule has 0 unspecified atom stereocenters. The van der Waals surface area contributed by atoms with Crippen molar-refractivity contribution in [1.29, 1.82) is 0 Å². The second-order valence-electron chi connectivity index (χ2n) is 32.5. The highest BCUT2D eigenvalue weighted by Gasteiger charge is 2.54.